The zero-order valence-electron chi connectivity index (χ0n) is 17.9. The van der Waals surface area contributed by atoms with Crippen LogP contribution in [0.3, 0.4) is 0 Å². The molecule has 2 aromatic rings. The molecule has 0 aliphatic carbocycles. The van der Waals surface area contributed by atoms with E-state index in [1.54, 1.807) is 0 Å². The van der Waals surface area contributed by atoms with Crippen molar-refractivity contribution in [3.63, 3.8) is 0 Å². The van der Waals surface area contributed by atoms with Crippen LogP contribution >= 0.6 is 0 Å². The smallest absolute Gasteiger partial charge is 0.222 e. The van der Waals surface area contributed by atoms with Gasteiger partial charge in [0.15, 0.2) is 23.3 Å². The molecule has 6 N–H and O–H groups in total. The molecule has 0 bridgehead atoms. The molecule has 0 aliphatic heterocycles. The molecule has 6 nitrogen and oxygen atoms in total. The van der Waals surface area contributed by atoms with E-state index in [9.17, 15) is 35.9 Å². The van der Waals surface area contributed by atoms with Crippen molar-refractivity contribution in [2.75, 3.05) is 13.1 Å². The average molecular weight is 490 g/mol. The molecule has 12 heteroatoms. The zero-order valence-corrected chi connectivity index (χ0v) is 17.9. The van der Waals surface area contributed by atoms with Crippen LogP contribution in [0.5, 0.6) is 0 Å². The van der Waals surface area contributed by atoms with Gasteiger partial charge >= 0.3 is 0 Å². The standard InChI is InChI=1S/C22H24F6N4O2/c23-15-9-19(27)17(25)5-11(15)3-13(30)7-22(34)32-14(8-21(33)31-2-1-29)4-12-6-18(26)20(28)10-16(12)24/h5-6,9-10,13-14H,1-4,7-8,29-30H2,(H,31,33)(H,32,34)/t13-,14-/m1/s1. The van der Waals surface area contributed by atoms with Crippen LogP contribution in [0.15, 0.2) is 24.3 Å². The molecule has 2 rings (SSSR count). The summed E-state index contributed by atoms with van der Waals surface area (Å²) in [5.74, 6) is -8.67. The van der Waals surface area contributed by atoms with Crippen molar-refractivity contribution in [2.24, 2.45) is 11.5 Å². The molecule has 0 fully saturated rings. The van der Waals surface area contributed by atoms with Crippen molar-refractivity contribution in [2.45, 2.75) is 37.8 Å². The quantitative estimate of drug-likeness (QED) is 0.285. The van der Waals surface area contributed by atoms with Gasteiger partial charge in [0.25, 0.3) is 0 Å². The maximum Gasteiger partial charge on any atom is 0.222 e. The van der Waals surface area contributed by atoms with E-state index in [1.165, 1.54) is 0 Å². The van der Waals surface area contributed by atoms with Crippen LogP contribution in [0.1, 0.15) is 24.0 Å². The van der Waals surface area contributed by atoms with Gasteiger partial charge in [-0.05, 0) is 36.1 Å². The number of carbonyl (C=O) groups is 2. The van der Waals surface area contributed by atoms with Crippen molar-refractivity contribution >= 4 is 11.8 Å². The first-order valence-electron chi connectivity index (χ1n) is 10.3. The molecule has 0 heterocycles. The fourth-order valence-electron chi connectivity index (χ4n) is 3.27. The Morgan fingerprint density at radius 2 is 1.24 bits per heavy atom. The molecule has 0 aromatic heterocycles. The van der Waals surface area contributed by atoms with Gasteiger partial charge in [-0.1, -0.05) is 0 Å². The predicted molar refractivity (Wildman–Crippen MR) is 111 cm³/mol. The Kier molecular flexibility index (Phi) is 9.87. The summed E-state index contributed by atoms with van der Waals surface area (Å²) in [7, 11) is 0. The van der Waals surface area contributed by atoms with E-state index < -0.39 is 65.2 Å². The molecule has 186 valence electrons. The topological polar surface area (TPSA) is 110 Å². The molecular formula is C22H24F6N4O2. The second-order valence-corrected chi connectivity index (χ2v) is 7.70. The van der Waals surface area contributed by atoms with Gasteiger partial charge in [0.05, 0.1) is 0 Å². The molecule has 0 unspecified atom stereocenters. The number of hydrogen-bond acceptors (Lipinski definition) is 4. The molecule has 0 saturated heterocycles. The molecule has 2 aromatic carbocycles. The fraction of sp³-hybridized carbons (Fsp3) is 0.364. The van der Waals surface area contributed by atoms with Crippen molar-refractivity contribution in [1.82, 2.24) is 10.6 Å². The first-order chi connectivity index (χ1) is 16.0. The van der Waals surface area contributed by atoms with Crippen molar-refractivity contribution in [1.29, 1.82) is 0 Å². The van der Waals surface area contributed by atoms with Gasteiger partial charge in [-0.2, -0.15) is 0 Å². The van der Waals surface area contributed by atoms with Crippen LogP contribution in [-0.4, -0.2) is 37.0 Å². The first kappa shape index (κ1) is 27.1. The summed E-state index contributed by atoms with van der Waals surface area (Å²) in [5.41, 5.74) is 10.6. The molecule has 2 atom stereocenters. The van der Waals surface area contributed by atoms with Gasteiger partial charge in [0, 0.05) is 50.1 Å². The van der Waals surface area contributed by atoms with E-state index in [4.69, 9.17) is 11.5 Å². The molecule has 2 amide bonds. The number of hydrogen-bond donors (Lipinski definition) is 4. The van der Waals surface area contributed by atoms with Gasteiger partial charge in [-0.25, -0.2) is 26.3 Å². The maximum atomic E-state index is 14.1. The van der Waals surface area contributed by atoms with Crippen LogP contribution in [0, 0.1) is 34.9 Å². The third kappa shape index (κ3) is 8.03. The van der Waals surface area contributed by atoms with E-state index in [0.717, 1.165) is 0 Å². The minimum Gasteiger partial charge on any atom is -0.355 e. The lowest BCUT2D eigenvalue weighted by Crippen LogP contribution is -2.43. The SMILES string of the molecule is NCCNC(=O)C[C@@H](Cc1cc(F)c(F)cc1F)NC(=O)C[C@H](N)Cc1cc(F)c(F)cc1F. The monoisotopic (exact) mass is 490 g/mol. The van der Waals surface area contributed by atoms with E-state index in [2.05, 4.69) is 10.6 Å². The Hall–Kier alpha value is -3.12. The normalized spacial score (nSPS) is 12.8. The number of nitrogens with two attached hydrogens (primary N) is 2. The van der Waals surface area contributed by atoms with Gasteiger partial charge < -0.3 is 22.1 Å². The van der Waals surface area contributed by atoms with E-state index in [1.807, 2.05) is 0 Å². The Balaban J connectivity index is 2.08. The van der Waals surface area contributed by atoms with E-state index in [0.29, 0.717) is 24.3 Å². The minimum atomic E-state index is -1.39. The summed E-state index contributed by atoms with van der Waals surface area (Å²) in [6.45, 7) is 0.291. The van der Waals surface area contributed by atoms with Gasteiger partial charge in [-0.3, -0.25) is 9.59 Å². The van der Waals surface area contributed by atoms with Crippen molar-refractivity contribution in [3.8, 4) is 0 Å². The second-order valence-electron chi connectivity index (χ2n) is 7.70. The number of benzene rings is 2. The molecule has 0 aliphatic rings. The third-order valence-electron chi connectivity index (χ3n) is 4.84. The highest BCUT2D eigenvalue weighted by molar-refractivity contribution is 5.80. The average Bonchev–Trinajstić information content (AvgIpc) is 2.74. The molecule has 0 spiro atoms. The van der Waals surface area contributed by atoms with Gasteiger partial charge in [-0.15, -0.1) is 0 Å². The highest BCUT2D eigenvalue weighted by Crippen LogP contribution is 2.18. The van der Waals surface area contributed by atoms with E-state index in [-0.39, 0.29) is 43.5 Å². The number of carbonyl (C=O) groups excluding carboxylic acids is 2. The second kappa shape index (κ2) is 12.4. The number of nitrogens with one attached hydrogen (secondary N) is 2. The Bertz CT molecular complexity index is 1040. The first-order valence-corrected chi connectivity index (χ1v) is 10.3. The summed E-state index contributed by atoms with van der Waals surface area (Å²) in [4.78, 5) is 24.5. The van der Waals surface area contributed by atoms with Crippen LogP contribution in [0.4, 0.5) is 26.3 Å². The maximum absolute atomic E-state index is 14.1. The summed E-state index contributed by atoms with van der Waals surface area (Å²) < 4.78 is 81.1. The molecule has 0 saturated carbocycles. The third-order valence-corrected chi connectivity index (χ3v) is 4.84. The molecular weight excluding hydrogens is 466 g/mol. The number of halogens is 6. The van der Waals surface area contributed by atoms with Crippen LogP contribution in [0.25, 0.3) is 0 Å². The Morgan fingerprint density at radius 3 is 1.76 bits per heavy atom. The van der Waals surface area contributed by atoms with Crippen molar-refractivity contribution in [3.05, 3.63) is 70.3 Å². The van der Waals surface area contributed by atoms with Gasteiger partial charge in [0.2, 0.25) is 11.8 Å². The highest BCUT2D eigenvalue weighted by Gasteiger charge is 2.22. The van der Waals surface area contributed by atoms with Crippen molar-refractivity contribution < 1.29 is 35.9 Å². The number of rotatable bonds is 11. The lowest BCUT2D eigenvalue weighted by molar-refractivity contribution is -0.123. The largest absolute Gasteiger partial charge is 0.355 e. The summed E-state index contributed by atoms with van der Waals surface area (Å²) in [5, 5.41) is 4.94. The number of amides is 2. The van der Waals surface area contributed by atoms with Crippen LogP contribution in [-0.2, 0) is 22.4 Å². The highest BCUT2D eigenvalue weighted by atomic mass is 19.2. The predicted octanol–water partition coefficient (Wildman–Crippen LogP) is 1.97. The van der Waals surface area contributed by atoms with Crippen LogP contribution < -0.4 is 22.1 Å². The molecule has 34 heavy (non-hydrogen) atoms. The van der Waals surface area contributed by atoms with Crippen LogP contribution in [0.2, 0.25) is 0 Å². The fourth-order valence-corrected chi connectivity index (χ4v) is 3.27. The summed E-state index contributed by atoms with van der Waals surface area (Å²) in [6.07, 6.45) is -1.38. The zero-order chi connectivity index (χ0) is 25.4. The minimum absolute atomic E-state index is 0.143. The molecule has 0 radical (unpaired) electrons. The lowest BCUT2D eigenvalue weighted by atomic mass is 10.00. The Morgan fingerprint density at radius 1 is 0.735 bits per heavy atom. The Labute approximate surface area is 191 Å². The van der Waals surface area contributed by atoms with Gasteiger partial charge in [0.1, 0.15) is 11.6 Å². The summed E-state index contributed by atoms with van der Waals surface area (Å²) >= 11 is 0. The summed E-state index contributed by atoms with van der Waals surface area (Å²) in [6, 6.07) is -0.0606. The lowest BCUT2D eigenvalue weighted by Gasteiger charge is -2.20. The van der Waals surface area contributed by atoms with E-state index >= 15 is 0 Å².